The predicted octanol–water partition coefficient (Wildman–Crippen LogP) is 3.54. The van der Waals surface area contributed by atoms with Crippen LogP contribution in [0.4, 0.5) is 5.69 Å². The molecule has 0 aliphatic heterocycles. The zero-order valence-corrected chi connectivity index (χ0v) is 17.4. The second kappa shape index (κ2) is 8.63. The molecular formula is C24H23NO6. The van der Waals surface area contributed by atoms with Gasteiger partial charge in [0.05, 0.1) is 0 Å². The van der Waals surface area contributed by atoms with E-state index in [9.17, 15) is 14.4 Å². The van der Waals surface area contributed by atoms with Crippen LogP contribution in [0.25, 0.3) is 11.0 Å². The molecule has 0 bridgehead atoms. The third-order valence-electron chi connectivity index (χ3n) is 5.26. The van der Waals surface area contributed by atoms with Crippen LogP contribution in [0.1, 0.15) is 30.0 Å². The van der Waals surface area contributed by atoms with Gasteiger partial charge in [0.2, 0.25) is 0 Å². The first-order valence-corrected chi connectivity index (χ1v) is 10.2. The number of ether oxygens (including phenoxy) is 2. The third kappa shape index (κ3) is 4.60. The van der Waals surface area contributed by atoms with Crippen molar-refractivity contribution in [2.45, 2.75) is 39.2 Å². The van der Waals surface area contributed by atoms with E-state index >= 15 is 0 Å². The SMILES string of the molecule is Cc1cccc(NC(=O)[C@@H](C)OC(=O)COc2ccc3c4c(c(=O)oc3c2)CCC4)c1. The van der Waals surface area contributed by atoms with Crippen LogP contribution in [0.3, 0.4) is 0 Å². The number of nitrogens with one attached hydrogen (secondary N) is 1. The Labute approximate surface area is 179 Å². The van der Waals surface area contributed by atoms with Crippen LogP contribution in [0.15, 0.2) is 51.7 Å². The van der Waals surface area contributed by atoms with Crippen molar-refractivity contribution in [2.75, 3.05) is 11.9 Å². The summed E-state index contributed by atoms with van der Waals surface area (Å²) in [4.78, 5) is 36.5. The molecule has 2 aromatic carbocycles. The lowest BCUT2D eigenvalue weighted by molar-refractivity contribution is -0.155. The summed E-state index contributed by atoms with van der Waals surface area (Å²) in [5.41, 5.74) is 3.54. The van der Waals surface area contributed by atoms with Crippen LogP contribution in [-0.4, -0.2) is 24.6 Å². The van der Waals surface area contributed by atoms with Crippen molar-refractivity contribution < 1.29 is 23.5 Å². The summed E-state index contributed by atoms with van der Waals surface area (Å²) in [5, 5.41) is 3.60. The third-order valence-corrected chi connectivity index (χ3v) is 5.26. The molecule has 1 aliphatic rings. The monoisotopic (exact) mass is 421 g/mol. The average molecular weight is 421 g/mol. The van der Waals surface area contributed by atoms with E-state index in [1.54, 1.807) is 18.2 Å². The van der Waals surface area contributed by atoms with Gasteiger partial charge in [-0.25, -0.2) is 9.59 Å². The number of hydrogen-bond donors (Lipinski definition) is 1. The standard InChI is InChI=1S/C24H23NO6/c1-14-5-3-6-16(11-14)25-23(27)15(2)30-22(26)13-29-17-9-10-19-18-7-4-8-20(18)24(28)31-21(19)12-17/h3,5-6,9-12,15H,4,7-8,13H2,1-2H3,(H,25,27)/t15-/m1/s1. The number of anilines is 1. The first-order valence-electron chi connectivity index (χ1n) is 10.2. The van der Waals surface area contributed by atoms with E-state index in [4.69, 9.17) is 13.9 Å². The number of amides is 1. The number of carbonyl (C=O) groups is 2. The van der Waals surface area contributed by atoms with E-state index in [2.05, 4.69) is 5.32 Å². The minimum absolute atomic E-state index is 0.315. The molecule has 0 radical (unpaired) electrons. The highest BCUT2D eigenvalue weighted by Crippen LogP contribution is 2.29. The fraction of sp³-hybridized carbons (Fsp3) is 0.292. The molecule has 7 nitrogen and oxygen atoms in total. The Balaban J connectivity index is 1.35. The van der Waals surface area contributed by atoms with E-state index in [1.807, 2.05) is 31.2 Å². The van der Waals surface area contributed by atoms with Gasteiger partial charge in [-0.2, -0.15) is 0 Å². The molecule has 31 heavy (non-hydrogen) atoms. The van der Waals surface area contributed by atoms with Crippen LogP contribution in [0.2, 0.25) is 0 Å². The summed E-state index contributed by atoms with van der Waals surface area (Å²) in [6.45, 7) is 3.04. The number of rotatable bonds is 6. The Bertz CT molecular complexity index is 1210. The van der Waals surface area contributed by atoms with Crippen LogP contribution in [0, 0.1) is 6.92 Å². The zero-order chi connectivity index (χ0) is 22.0. The first kappa shape index (κ1) is 20.7. The maximum atomic E-state index is 12.2. The molecule has 1 N–H and O–H groups in total. The molecule has 3 aromatic rings. The lowest BCUT2D eigenvalue weighted by Gasteiger charge is -2.14. The van der Waals surface area contributed by atoms with Gasteiger partial charge in [0, 0.05) is 22.7 Å². The molecule has 1 amide bonds. The number of esters is 1. The average Bonchev–Trinajstić information content (AvgIpc) is 3.23. The van der Waals surface area contributed by atoms with Gasteiger partial charge >= 0.3 is 11.6 Å². The lowest BCUT2D eigenvalue weighted by Crippen LogP contribution is -2.31. The Morgan fingerprint density at radius 3 is 2.74 bits per heavy atom. The summed E-state index contributed by atoms with van der Waals surface area (Å²) >= 11 is 0. The number of hydrogen-bond acceptors (Lipinski definition) is 6. The number of carbonyl (C=O) groups excluding carboxylic acids is 2. The topological polar surface area (TPSA) is 94.8 Å². The molecule has 1 heterocycles. The summed E-state index contributed by atoms with van der Waals surface area (Å²) in [6, 6.07) is 12.5. The second-order valence-electron chi connectivity index (χ2n) is 7.64. The van der Waals surface area contributed by atoms with Gasteiger partial charge in [0.25, 0.3) is 5.91 Å². The molecule has 0 saturated carbocycles. The van der Waals surface area contributed by atoms with Crippen LogP contribution in [-0.2, 0) is 27.2 Å². The zero-order valence-electron chi connectivity index (χ0n) is 17.4. The Morgan fingerprint density at radius 1 is 1.13 bits per heavy atom. The molecule has 1 atom stereocenters. The van der Waals surface area contributed by atoms with Gasteiger partial charge in [-0.3, -0.25) is 4.79 Å². The van der Waals surface area contributed by atoms with Crippen molar-refractivity contribution in [1.82, 2.24) is 0 Å². The summed E-state index contributed by atoms with van der Waals surface area (Å²) in [6.07, 6.45) is 1.56. The van der Waals surface area contributed by atoms with E-state index in [1.165, 1.54) is 6.92 Å². The summed E-state index contributed by atoms with van der Waals surface area (Å²) in [7, 11) is 0. The fourth-order valence-electron chi connectivity index (χ4n) is 3.75. The Kier molecular flexibility index (Phi) is 5.75. The van der Waals surface area contributed by atoms with Gasteiger partial charge in [-0.05, 0) is 68.5 Å². The molecule has 0 spiro atoms. The fourth-order valence-corrected chi connectivity index (χ4v) is 3.75. The molecule has 4 rings (SSSR count). The summed E-state index contributed by atoms with van der Waals surface area (Å²) < 4.78 is 16.0. The molecule has 0 saturated heterocycles. The van der Waals surface area contributed by atoms with Gasteiger partial charge in [0.15, 0.2) is 12.7 Å². The van der Waals surface area contributed by atoms with Crippen molar-refractivity contribution in [3.63, 3.8) is 0 Å². The normalized spacial score (nSPS) is 13.5. The number of fused-ring (bicyclic) bond motifs is 3. The molecule has 160 valence electrons. The van der Waals surface area contributed by atoms with Crippen molar-refractivity contribution in [3.8, 4) is 5.75 Å². The largest absolute Gasteiger partial charge is 0.482 e. The molecule has 0 unspecified atom stereocenters. The van der Waals surface area contributed by atoms with Crippen molar-refractivity contribution >= 4 is 28.5 Å². The molecule has 7 heteroatoms. The quantitative estimate of drug-likeness (QED) is 0.483. The Morgan fingerprint density at radius 2 is 1.94 bits per heavy atom. The smallest absolute Gasteiger partial charge is 0.344 e. The minimum Gasteiger partial charge on any atom is -0.482 e. The van der Waals surface area contributed by atoms with E-state index < -0.39 is 18.0 Å². The highest BCUT2D eigenvalue weighted by Gasteiger charge is 2.21. The van der Waals surface area contributed by atoms with Gasteiger partial charge in [-0.1, -0.05) is 12.1 Å². The molecule has 0 fully saturated rings. The Hall–Kier alpha value is -3.61. The van der Waals surface area contributed by atoms with E-state index in [0.29, 0.717) is 17.0 Å². The molecule has 1 aliphatic carbocycles. The van der Waals surface area contributed by atoms with Crippen LogP contribution < -0.4 is 15.7 Å². The highest BCUT2D eigenvalue weighted by molar-refractivity contribution is 5.95. The van der Waals surface area contributed by atoms with Crippen LogP contribution in [0.5, 0.6) is 5.75 Å². The predicted molar refractivity (Wildman–Crippen MR) is 115 cm³/mol. The van der Waals surface area contributed by atoms with E-state index in [-0.39, 0.29) is 12.2 Å². The molecular weight excluding hydrogens is 398 g/mol. The number of benzene rings is 2. The van der Waals surface area contributed by atoms with Crippen molar-refractivity contribution in [1.29, 1.82) is 0 Å². The van der Waals surface area contributed by atoms with Crippen LogP contribution >= 0.6 is 0 Å². The second-order valence-corrected chi connectivity index (χ2v) is 7.64. The first-order chi connectivity index (χ1) is 14.9. The number of aryl methyl sites for hydroxylation is 2. The minimum atomic E-state index is -0.978. The lowest BCUT2D eigenvalue weighted by atomic mass is 10.1. The summed E-state index contributed by atoms with van der Waals surface area (Å²) in [5.74, 6) is -0.731. The maximum absolute atomic E-state index is 12.2. The van der Waals surface area contributed by atoms with E-state index in [0.717, 1.165) is 41.3 Å². The highest BCUT2D eigenvalue weighted by atomic mass is 16.6. The molecule has 1 aromatic heterocycles. The van der Waals surface area contributed by atoms with Crippen molar-refractivity contribution in [3.05, 3.63) is 69.6 Å². The maximum Gasteiger partial charge on any atom is 0.344 e. The van der Waals surface area contributed by atoms with Gasteiger partial charge in [-0.15, -0.1) is 0 Å². The van der Waals surface area contributed by atoms with Gasteiger partial charge < -0.3 is 19.2 Å². The van der Waals surface area contributed by atoms with Gasteiger partial charge in [0.1, 0.15) is 11.3 Å². The van der Waals surface area contributed by atoms with Crippen molar-refractivity contribution in [2.24, 2.45) is 0 Å².